The summed E-state index contributed by atoms with van der Waals surface area (Å²) in [7, 11) is 0. The van der Waals surface area contributed by atoms with Crippen LogP contribution in [0, 0.1) is 25.7 Å². The number of carboxylic acids is 1. The fourth-order valence-corrected chi connectivity index (χ4v) is 1.69. The molecule has 0 spiro atoms. The van der Waals surface area contributed by atoms with Crippen molar-refractivity contribution in [2.24, 2.45) is 11.8 Å². The topological polar surface area (TPSA) is 49.3 Å². The van der Waals surface area contributed by atoms with Crippen molar-refractivity contribution in [2.45, 2.75) is 27.7 Å². The fraction of sp³-hybridized carbons (Fsp3) is 0.500. The average Bonchev–Trinajstić information content (AvgIpc) is 2.22. The highest BCUT2D eigenvalue weighted by Crippen LogP contribution is 2.16. The third-order valence-electron chi connectivity index (χ3n) is 3.15. The number of aryl methyl sites for hydroxylation is 2. The van der Waals surface area contributed by atoms with Crippen molar-refractivity contribution in [3.05, 3.63) is 29.3 Å². The summed E-state index contributed by atoms with van der Waals surface area (Å²) in [4.78, 5) is 11.0. The number of anilines is 1. The Hall–Kier alpha value is -1.51. The van der Waals surface area contributed by atoms with Crippen LogP contribution >= 0.6 is 0 Å². The first-order chi connectivity index (χ1) is 7.91. The zero-order valence-electron chi connectivity index (χ0n) is 10.9. The molecular formula is C14H21NO2. The second-order valence-corrected chi connectivity index (χ2v) is 4.87. The molecule has 17 heavy (non-hydrogen) atoms. The molecule has 0 saturated carbocycles. The maximum Gasteiger partial charge on any atom is 0.308 e. The van der Waals surface area contributed by atoms with E-state index in [0.717, 1.165) is 5.69 Å². The summed E-state index contributed by atoms with van der Waals surface area (Å²) in [5.74, 6) is -0.959. The molecule has 0 aliphatic carbocycles. The minimum absolute atomic E-state index is 0.131. The van der Waals surface area contributed by atoms with E-state index < -0.39 is 5.97 Å². The Morgan fingerprint density at radius 3 is 2.41 bits per heavy atom. The molecule has 0 fully saturated rings. The highest BCUT2D eigenvalue weighted by Gasteiger charge is 2.20. The van der Waals surface area contributed by atoms with Gasteiger partial charge in [0.15, 0.2) is 0 Å². The smallest absolute Gasteiger partial charge is 0.308 e. The molecule has 0 bridgehead atoms. The van der Waals surface area contributed by atoms with E-state index in [4.69, 9.17) is 5.11 Å². The quantitative estimate of drug-likeness (QED) is 0.824. The van der Waals surface area contributed by atoms with E-state index in [1.165, 1.54) is 11.1 Å². The second-order valence-electron chi connectivity index (χ2n) is 4.87. The van der Waals surface area contributed by atoms with Gasteiger partial charge in [-0.3, -0.25) is 4.79 Å². The Morgan fingerprint density at radius 2 is 1.94 bits per heavy atom. The van der Waals surface area contributed by atoms with E-state index in [1.807, 2.05) is 26.0 Å². The van der Waals surface area contributed by atoms with Gasteiger partial charge in [-0.15, -0.1) is 0 Å². The molecular weight excluding hydrogens is 214 g/mol. The first-order valence-electron chi connectivity index (χ1n) is 5.95. The van der Waals surface area contributed by atoms with Gasteiger partial charge in [0.25, 0.3) is 0 Å². The number of hydrogen-bond acceptors (Lipinski definition) is 2. The van der Waals surface area contributed by atoms with Crippen LogP contribution in [0.25, 0.3) is 0 Å². The summed E-state index contributed by atoms with van der Waals surface area (Å²) in [6.07, 6.45) is 0. The molecule has 3 heteroatoms. The SMILES string of the molecule is Cc1ccc(NCC(C(=O)O)C(C)C)cc1C. The zero-order chi connectivity index (χ0) is 13.0. The van der Waals surface area contributed by atoms with Crippen molar-refractivity contribution >= 4 is 11.7 Å². The van der Waals surface area contributed by atoms with Gasteiger partial charge in [-0.25, -0.2) is 0 Å². The van der Waals surface area contributed by atoms with Crippen molar-refractivity contribution < 1.29 is 9.90 Å². The van der Waals surface area contributed by atoms with Crippen LogP contribution in [0.1, 0.15) is 25.0 Å². The number of carboxylic acid groups (broad SMARTS) is 1. The number of rotatable bonds is 5. The van der Waals surface area contributed by atoms with E-state index in [2.05, 4.69) is 25.2 Å². The third kappa shape index (κ3) is 3.77. The molecule has 1 aromatic rings. The Balaban J connectivity index is 2.65. The van der Waals surface area contributed by atoms with Crippen molar-refractivity contribution in [1.82, 2.24) is 0 Å². The highest BCUT2D eigenvalue weighted by molar-refractivity contribution is 5.71. The number of nitrogens with one attached hydrogen (secondary N) is 1. The minimum Gasteiger partial charge on any atom is -0.481 e. The lowest BCUT2D eigenvalue weighted by Crippen LogP contribution is -2.27. The molecule has 2 N–H and O–H groups in total. The number of carbonyl (C=O) groups is 1. The van der Waals surface area contributed by atoms with Gasteiger partial charge in [-0.2, -0.15) is 0 Å². The summed E-state index contributed by atoms with van der Waals surface area (Å²) in [5, 5.41) is 12.3. The molecule has 1 aromatic carbocycles. The van der Waals surface area contributed by atoms with Gasteiger partial charge in [0, 0.05) is 12.2 Å². The third-order valence-corrected chi connectivity index (χ3v) is 3.15. The molecule has 1 unspecified atom stereocenters. The van der Waals surface area contributed by atoms with Gasteiger partial charge in [0.1, 0.15) is 0 Å². The standard InChI is InChI=1S/C14H21NO2/c1-9(2)13(14(16)17)8-15-12-6-5-10(3)11(4)7-12/h5-7,9,13,15H,8H2,1-4H3,(H,16,17). The molecule has 1 rings (SSSR count). The molecule has 0 saturated heterocycles. The Labute approximate surface area is 103 Å². The van der Waals surface area contributed by atoms with E-state index >= 15 is 0 Å². The first-order valence-corrected chi connectivity index (χ1v) is 5.95. The van der Waals surface area contributed by atoms with E-state index in [1.54, 1.807) is 0 Å². The first kappa shape index (κ1) is 13.6. The molecule has 0 aliphatic rings. The van der Waals surface area contributed by atoms with Crippen molar-refractivity contribution in [1.29, 1.82) is 0 Å². The zero-order valence-corrected chi connectivity index (χ0v) is 10.9. The van der Waals surface area contributed by atoms with Crippen LogP contribution < -0.4 is 5.32 Å². The van der Waals surface area contributed by atoms with Crippen LogP contribution in [-0.2, 0) is 4.79 Å². The van der Waals surface area contributed by atoms with E-state index in [0.29, 0.717) is 6.54 Å². The summed E-state index contributed by atoms with van der Waals surface area (Å²) in [5.41, 5.74) is 3.45. The van der Waals surface area contributed by atoms with Crippen molar-refractivity contribution in [3.63, 3.8) is 0 Å². The molecule has 0 heterocycles. The average molecular weight is 235 g/mol. The molecule has 0 aliphatic heterocycles. The Kier molecular flexibility index (Phi) is 4.55. The van der Waals surface area contributed by atoms with E-state index in [9.17, 15) is 4.79 Å². The summed E-state index contributed by atoms with van der Waals surface area (Å²) in [6, 6.07) is 6.08. The van der Waals surface area contributed by atoms with Crippen molar-refractivity contribution in [3.8, 4) is 0 Å². The second kappa shape index (κ2) is 5.71. The van der Waals surface area contributed by atoms with Gasteiger partial charge in [-0.05, 0) is 43.0 Å². The normalized spacial score (nSPS) is 12.5. The van der Waals surface area contributed by atoms with Gasteiger partial charge in [-0.1, -0.05) is 19.9 Å². The fourth-order valence-electron chi connectivity index (χ4n) is 1.69. The molecule has 3 nitrogen and oxygen atoms in total. The molecule has 1 atom stereocenters. The number of benzene rings is 1. The van der Waals surface area contributed by atoms with Gasteiger partial charge >= 0.3 is 5.97 Å². The monoisotopic (exact) mass is 235 g/mol. The van der Waals surface area contributed by atoms with Gasteiger partial charge in [0.05, 0.1) is 5.92 Å². The van der Waals surface area contributed by atoms with E-state index in [-0.39, 0.29) is 11.8 Å². The van der Waals surface area contributed by atoms with Crippen LogP contribution in [0.15, 0.2) is 18.2 Å². The molecule has 0 radical (unpaired) electrons. The lowest BCUT2D eigenvalue weighted by molar-refractivity contribution is -0.142. The number of hydrogen-bond donors (Lipinski definition) is 2. The molecule has 0 amide bonds. The predicted molar refractivity (Wildman–Crippen MR) is 70.4 cm³/mol. The van der Waals surface area contributed by atoms with Crippen LogP contribution in [-0.4, -0.2) is 17.6 Å². The Morgan fingerprint density at radius 1 is 1.29 bits per heavy atom. The van der Waals surface area contributed by atoms with Gasteiger partial charge < -0.3 is 10.4 Å². The summed E-state index contributed by atoms with van der Waals surface area (Å²) < 4.78 is 0. The highest BCUT2D eigenvalue weighted by atomic mass is 16.4. The van der Waals surface area contributed by atoms with Crippen LogP contribution in [0.5, 0.6) is 0 Å². The summed E-state index contributed by atoms with van der Waals surface area (Å²) >= 11 is 0. The molecule has 94 valence electrons. The van der Waals surface area contributed by atoms with Crippen LogP contribution in [0.4, 0.5) is 5.69 Å². The lowest BCUT2D eigenvalue weighted by atomic mass is 9.96. The predicted octanol–water partition coefficient (Wildman–Crippen LogP) is 3.07. The Bertz CT molecular complexity index is 399. The number of aliphatic carboxylic acids is 1. The largest absolute Gasteiger partial charge is 0.481 e. The maximum atomic E-state index is 11.0. The minimum atomic E-state index is -0.740. The van der Waals surface area contributed by atoms with Crippen LogP contribution in [0.2, 0.25) is 0 Å². The lowest BCUT2D eigenvalue weighted by Gasteiger charge is -2.17. The maximum absolute atomic E-state index is 11.0. The van der Waals surface area contributed by atoms with Crippen LogP contribution in [0.3, 0.4) is 0 Å². The summed E-state index contributed by atoms with van der Waals surface area (Å²) in [6.45, 7) is 8.45. The van der Waals surface area contributed by atoms with Gasteiger partial charge in [0.2, 0.25) is 0 Å². The molecule has 0 aromatic heterocycles. The van der Waals surface area contributed by atoms with Crippen molar-refractivity contribution in [2.75, 3.05) is 11.9 Å².